The maximum Gasteiger partial charge on any atom is 0.255 e. The number of amides is 1. The van der Waals surface area contributed by atoms with Crippen molar-refractivity contribution in [1.82, 2.24) is 34.2 Å². The van der Waals surface area contributed by atoms with Crippen molar-refractivity contribution >= 4 is 17.1 Å². The van der Waals surface area contributed by atoms with E-state index >= 15 is 0 Å². The molecular formula is C19H23N7O2. The predicted octanol–water partition coefficient (Wildman–Crippen LogP) is 1.67. The van der Waals surface area contributed by atoms with Crippen molar-refractivity contribution in [3.8, 4) is 0 Å². The first-order chi connectivity index (χ1) is 13.6. The maximum absolute atomic E-state index is 13.1. The van der Waals surface area contributed by atoms with Gasteiger partial charge in [-0.05, 0) is 25.8 Å². The summed E-state index contributed by atoms with van der Waals surface area (Å²) in [5, 5.41) is 8.89. The predicted molar refractivity (Wildman–Crippen MR) is 101 cm³/mol. The van der Waals surface area contributed by atoms with Gasteiger partial charge in [-0.25, -0.2) is 9.97 Å². The van der Waals surface area contributed by atoms with Gasteiger partial charge in [-0.2, -0.15) is 0 Å². The molecule has 2 aliphatic heterocycles. The van der Waals surface area contributed by atoms with Gasteiger partial charge in [0.05, 0.1) is 24.5 Å². The number of hydrogen-bond acceptors (Lipinski definition) is 6. The molecule has 146 valence electrons. The Kier molecular flexibility index (Phi) is 4.12. The monoisotopic (exact) mass is 381 g/mol. The van der Waals surface area contributed by atoms with Crippen molar-refractivity contribution in [1.29, 1.82) is 0 Å². The lowest BCUT2D eigenvalue weighted by Gasteiger charge is -2.34. The first-order valence-electron chi connectivity index (χ1n) is 9.69. The van der Waals surface area contributed by atoms with E-state index in [0.717, 1.165) is 48.9 Å². The number of nitrogens with zero attached hydrogens (tertiary/aromatic N) is 7. The first kappa shape index (κ1) is 17.3. The van der Waals surface area contributed by atoms with Gasteiger partial charge in [0.15, 0.2) is 11.5 Å². The second-order valence-electron chi connectivity index (χ2n) is 7.69. The number of carbonyl (C=O) groups is 1. The van der Waals surface area contributed by atoms with E-state index in [-0.39, 0.29) is 11.9 Å². The second kappa shape index (κ2) is 6.66. The Bertz CT molecular complexity index is 1030. The lowest BCUT2D eigenvalue weighted by molar-refractivity contribution is 0.0668. The molecule has 3 aromatic rings. The number of pyridine rings is 1. The lowest BCUT2D eigenvalue weighted by atomic mass is 9.98. The molecular weight excluding hydrogens is 358 g/mol. The molecule has 1 fully saturated rings. The van der Waals surface area contributed by atoms with Crippen molar-refractivity contribution in [3.63, 3.8) is 0 Å². The van der Waals surface area contributed by atoms with Crippen LogP contribution < -0.4 is 0 Å². The summed E-state index contributed by atoms with van der Waals surface area (Å²) in [6.45, 7) is 4.75. The van der Waals surface area contributed by atoms with E-state index in [0.29, 0.717) is 24.6 Å². The minimum atomic E-state index is -0.0474. The molecule has 2 aliphatic rings. The van der Waals surface area contributed by atoms with Crippen LogP contribution in [0.4, 0.5) is 0 Å². The van der Waals surface area contributed by atoms with Gasteiger partial charge in [0, 0.05) is 38.9 Å². The molecule has 0 unspecified atom stereocenters. The van der Waals surface area contributed by atoms with E-state index < -0.39 is 0 Å². The largest absolute Gasteiger partial charge is 0.381 e. The molecule has 1 amide bonds. The summed E-state index contributed by atoms with van der Waals surface area (Å²) in [5.74, 6) is 2.22. The van der Waals surface area contributed by atoms with E-state index in [1.54, 1.807) is 12.5 Å². The summed E-state index contributed by atoms with van der Waals surface area (Å²) in [4.78, 5) is 23.6. The summed E-state index contributed by atoms with van der Waals surface area (Å²) in [7, 11) is 1.89. The Hall–Kier alpha value is -2.81. The molecule has 0 radical (unpaired) electrons. The normalized spacial score (nSPS) is 20.5. The van der Waals surface area contributed by atoms with E-state index in [1.807, 2.05) is 22.6 Å². The molecule has 0 bridgehead atoms. The fraction of sp³-hybridized carbons (Fsp3) is 0.526. The molecule has 5 heterocycles. The molecule has 1 saturated heterocycles. The zero-order valence-corrected chi connectivity index (χ0v) is 16.1. The van der Waals surface area contributed by atoms with Gasteiger partial charge in [-0.15, -0.1) is 10.2 Å². The fourth-order valence-corrected chi connectivity index (χ4v) is 4.27. The zero-order valence-electron chi connectivity index (χ0n) is 16.1. The van der Waals surface area contributed by atoms with Gasteiger partial charge in [0.25, 0.3) is 5.91 Å². The molecule has 3 aromatic heterocycles. The van der Waals surface area contributed by atoms with Crippen LogP contribution in [0, 0.1) is 0 Å². The van der Waals surface area contributed by atoms with Gasteiger partial charge in [0.1, 0.15) is 11.3 Å². The summed E-state index contributed by atoms with van der Waals surface area (Å²) in [6, 6.07) is 1.94. The van der Waals surface area contributed by atoms with Crippen LogP contribution in [-0.2, 0) is 18.3 Å². The van der Waals surface area contributed by atoms with E-state index in [4.69, 9.17) is 4.74 Å². The number of hydrogen-bond donors (Lipinski definition) is 0. The highest BCUT2D eigenvalue weighted by atomic mass is 16.5. The highest BCUT2D eigenvalue weighted by Gasteiger charge is 2.32. The number of ether oxygens (including phenoxy) is 1. The Morgan fingerprint density at radius 1 is 1.21 bits per heavy atom. The minimum Gasteiger partial charge on any atom is -0.381 e. The van der Waals surface area contributed by atoms with Crippen molar-refractivity contribution in [2.24, 2.45) is 7.05 Å². The molecule has 1 atom stereocenters. The molecule has 5 rings (SSSR count). The zero-order chi connectivity index (χ0) is 19.3. The number of aryl methyl sites for hydroxylation is 1. The fourth-order valence-electron chi connectivity index (χ4n) is 4.27. The van der Waals surface area contributed by atoms with Crippen LogP contribution in [0.5, 0.6) is 0 Å². The van der Waals surface area contributed by atoms with E-state index in [1.165, 1.54) is 0 Å². The lowest BCUT2D eigenvalue weighted by Crippen LogP contribution is -2.41. The Morgan fingerprint density at radius 2 is 2.04 bits per heavy atom. The quantitative estimate of drug-likeness (QED) is 0.671. The summed E-state index contributed by atoms with van der Waals surface area (Å²) >= 11 is 0. The third-order valence-electron chi connectivity index (χ3n) is 5.72. The molecule has 0 saturated carbocycles. The number of carbonyl (C=O) groups excluding carboxylic acids is 1. The number of aromatic nitrogens is 6. The SMILES string of the molecule is C[C@H]1CN(C(=O)c2cnc3c(c2)ncn3C)Cc2nnc(C3CCOCC3)n21. The number of fused-ring (bicyclic) bond motifs is 2. The second-order valence-corrected chi connectivity index (χ2v) is 7.69. The van der Waals surface area contributed by atoms with Gasteiger partial charge in [-0.1, -0.05) is 0 Å². The molecule has 0 aromatic carbocycles. The average molecular weight is 381 g/mol. The van der Waals surface area contributed by atoms with Crippen molar-refractivity contribution in [2.45, 2.75) is 38.3 Å². The Morgan fingerprint density at radius 3 is 2.86 bits per heavy atom. The highest BCUT2D eigenvalue weighted by Crippen LogP contribution is 2.31. The van der Waals surface area contributed by atoms with Crippen molar-refractivity contribution in [2.75, 3.05) is 19.8 Å². The molecule has 28 heavy (non-hydrogen) atoms. The van der Waals surface area contributed by atoms with Crippen LogP contribution >= 0.6 is 0 Å². The van der Waals surface area contributed by atoms with Crippen LogP contribution in [0.1, 0.15) is 53.7 Å². The van der Waals surface area contributed by atoms with Gasteiger partial charge >= 0.3 is 0 Å². The van der Waals surface area contributed by atoms with Crippen LogP contribution in [0.15, 0.2) is 18.6 Å². The van der Waals surface area contributed by atoms with Gasteiger partial charge in [0.2, 0.25) is 0 Å². The number of imidazole rings is 1. The van der Waals surface area contributed by atoms with Gasteiger partial charge in [-0.3, -0.25) is 4.79 Å². The summed E-state index contributed by atoms with van der Waals surface area (Å²) < 4.78 is 9.54. The van der Waals surface area contributed by atoms with E-state index in [9.17, 15) is 4.79 Å². The molecule has 0 aliphatic carbocycles. The third kappa shape index (κ3) is 2.77. The first-order valence-corrected chi connectivity index (χ1v) is 9.69. The molecule has 0 spiro atoms. The Balaban J connectivity index is 1.40. The average Bonchev–Trinajstić information content (AvgIpc) is 3.32. The van der Waals surface area contributed by atoms with Crippen LogP contribution in [-0.4, -0.2) is 59.9 Å². The van der Waals surface area contributed by atoms with Crippen LogP contribution in [0.2, 0.25) is 0 Å². The number of rotatable bonds is 2. The molecule has 9 heteroatoms. The Labute approximate surface area is 162 Å². The maximum atomic E-state index is 13.1. The summed E-state index contributed by atoms with van der Waals surface area (Å²) in [5.41, 5.74) is 2.05. The molecule has 0 N–H and O–H groups in total. The minimum absolute atomic E-state index is 0.0474. The van der Waals surface area contributed by atoms with Crippen molar-refractivity contribution < 1.29 is 9.53 Å². The van der Waals surface area contributed by atoms with Crippen LogP contribution in [0.25, 0.3) is 11.2 Å². The standard InChI is InChI=1S/C19H23N7O2/c1-12-9-25(19(27)14-7-15-18(20-8-14)24(2)11-21-15)10-16-22-23-17(26(12)16)13-3-5-28-6-4-13/h7-8,11-13H,3-6,9-10H2,1-2H3/t12-/m0/s1. The van der Waals surface area contributed by atoms with E-state index in [2.05, 4.69) is 31.7 Å². The third-order valence-corrected chi connectivity index (χ3v) is 5.72. The van der Waals surface area contributed by atoms with Gasteiger partial charge < -0.3 is 18.8 Å². The topological polar surface area (TPSA) is 91.0 Å². The smallest absolute Gasteiger partial charge is 0.255 e. The van der Waals surface area contributed by atoms with Crippen LogP contribution in [0.3, 0.4) is 0 Å². The summed E-state index contributed by atoms with van der Waals surface area (Å²) in [6.07, 6.45) is 5.28. The molecule has 9 nitrogen and oxygen atoms in total. The highest BCUT2D eigenvalue weighted by molar-refractivity contribution is 5.96. The van der Waals surface area contributed by atoms with Crippen molar-refractivity contribution in [3.05, 3.63) is 35.8 Å².